The highest BCUT2D eigenvalue weighted by molar-refractivity contribution is 5.58. The average Bonchev–Trinajstić information content (AvgIpc) is 3.29. The molecule has 2 aliphatic rings. The van der Waals surface area contributed by atoms with Crippen LogP contribution in [0.3, 0.4) is 0 Å². The molecule has 2 heterocycles. The fourth-order valence-electron chi connectivity index (χ4n) is 5.21. The lowest BCUT2D eigenvalue weighted by atomic mass is 10.0. The summed E-state index contributed by atoms with van der Waals surface area (Å²) in [5.74, 6) is -1.06. The van der Waals surface area contributed by atoms with Gasteiger partial charge < -0.3 is 19.4 Å². The van der Waals surface area contributed by atoms with E-state index in [2.05, 4.69) is 4.90 Å². The van der Waals surface area contributed by atoms with Crippen molar-refractivity contribution in [1.82, 2.24) is 0 Å². The van der Waals surface area contributed by atoms with Gasteiger partial charge in [-0.2, -0.15) is 18.4 Å². The Balaban J connectivity index is 1.40. The van der Waals surface area contributed by atoms with Crippen LogP contribution in [0.15, 0.2) is 42.5 Å². The van der Waals surface area contributed by atoms with Crippen LogP contribution in [0, 0.1) is 23.1 Å². The Bertz CT molecular complexity index is 1040. The summed E-state index contributed by atoms with van der Waals surface area (Å²) in [6.07, 6.45) is -2.55. The number of hydrogen-bond donors (Lipinski definition) is 0. The normalized spacial score (nSPS) is 21.2. The summed E-state index contributed by atoms with van der Waals surface area (Å²) in [6.45, 7) is 1.30. The van der Waals surface area contributed by atoms with Crippen LogP contribution in [0.5, 0.6) is 5.75 Å². The Labute approximate surface area is 203 Å². The number of rotatable bonds is 6. The average molecular weight is 491 g/mol. The standard InChI is InChI=1S/C26H30F4N4O/c1-32(20-10-13-33(14-11-20)25-16-23(35-2)7-8-24(25)27)19-3-5-21(6-4-19)34-17-18(26(28,29)30)15-22(34)9-12-31/h3-8,16,18,20,22H,9-11,13-15,17H2,1-2H3/t18-,22+/m1/s1. The number of nitrogens with zero attached hydrogens (tertiary/aromatic N) is 4. The number of ether oxygens (including phenoxy) is 1. The SMILES string of the molecule is COc1ccc(F)c(N2CCC(N(C)c3ccc(N4C[C@H](C(F)(F)F)C[C@@H]4CC#N)cc3)CC2)c1. The summed E-state index contributed by atoms with van der Waals surface area (Å²) < 4.78 is 59.4. The Kier molecular flexibility index (Phi) is 7.29. The van der Waals surface area contributed by atoms with Gasteiger partial charge in [0.05, 0.1) is 31.2 Å². The number of nitriles is 1. The summed E-state index contributed by atoms with van der Waals surface area (Å²) in [7, 11) is 3.57. The first-order chi connectivity index (χ1) is 16.7. The van der Waals surface area contributed by atoms with Gasteiger partial charge in [-0.25, -0.2) is 4.39 Å². The van der Waals surface area contributed by atoms with E-state index in [1.807, 2.05) is 42.3 Å². The van der Waals surface area contributed by atoms with Crippen molar-refractivity contribution in [2.75, 3.05) is 48.5 Å². The zero-order chi connectivity index (χ0) is 25.2. The number of methoxy groups -OCH3 is 1. The number of hydrogen-bond acceptors (Lipinski definition) is 5. The minimum atomic E-state index is -4.26. The Morgan fingerprint density at radius 1 is 1.11 bits per heavy atom. The molecule has 2 aromatic carbocycles. The topological polar surface area (TPSA) is 42.7 Å². The van der Waals surface area contributed by atoms with Gasteiger partial charge in [0.1, 0.15) is 11.6 Å². The molecule has 2 aliphatic heterocycles. The van der Waals surface area contributed by atoms with Crippen LogP contribution in [-0.4, -0.2) is 52.1 Å². The number of anilines is 3. The molecule has 4 rings (SSSR count). The van der Waals surface area contributed by atoms with Crippen LogP contribution in [0.2, 0.25) is 0 Å². The summed E-state index contributed by atoms with van der Waals surface area (Å²) in [4.78, 5) is 5.93. The number of benzene rings is 2. The van der Waals surface area contributed by atoms with Gasteiger partial charge in [-0.1, -0.05) is 0 Å². The molecule has 0 spiro atoms. The number of piperidine rings is 1. The first-order valence-corrected chi connectivity index (χ1v) is 11.8. The molecule has 0 bridgehead atoms. The Morgan fingerprint density at radius 2 is 1.80 bits per heavy atom. The molecule has 35 heavy (non-hydrogen) atoms. The Hall–Kier alpha value is -3.15. The van der Waals surface area contributed by atoms with Gasteiger partial charge in [-0.15, -0.1) is 0 Å². The van der Waals surface area contributed by atoms with Gasteiger partial charge in [0.25, 0.3) is 0 Å². The molecule has 9 heteroatoms. The monoisotopic (exact) mass is 490 g/mol. The molecule has 188 valence electrons. The predicted octanol–water partition coefficient (Wildman–Crippen LogP) is 5.61. The molecule has 0 unspecified atom stereocenters. The molecule has 0 aliphatic carbocycles. The molecular weight excluding hydrogens is 460 g/mol. The van der Waals surface area contributed by atoms with Crippen molar-refractivity contribution >= 4 is 17.1 Å². The third kappa shape index (κ3) is 5.42. The van der Waals surface area contributed by atoms with E-state index >= 15 is 0 Å². The van der Waals surface area contributed by atoms with E-state index in [4.69, 9.17) is 10.00 Å². The second-order valence-corrected chi connectivity index (χ2v) is 9.31. The van der Waals surface area contributed by atoms with E-state index in [1.165, 1.54) is 6.07 Å². The summed E-state index contributed by atoms with van der Waals surface area (Å²) in [5.41, 5.74) is 2.23. The van der Waals surface area contributed by atoms with Crippen LogP contribution in [0.1, 0.15) is 25.7 Å². The smallest absolute Gasteiger partial charge is 0.393 e. The minimum absolute atomic E-state index is 0.0504. The van der Waals surface area contributed by atoms with Crippen molar-refractivity contribution in [2.24, 2.45) is 5.92 Å². The van der Waals surface area contributed by atoms with Crippen LogP contribution in [-0.2, 0) is 0 Å². The molecule has 0 aromatic heterocycles. The van der Waals surface area contributed by atoms with Crippen molar-refractivity contribution in [3.63, 3.8) is 0 Å². The van der Waals surface area contributed by atoms with Gasteiger partial charge in [0.2, 0.25) is 0 Å². The second-order valence-electron chi connectivity index (χ2n) is 9.31. The lowest BCUT2D eigenvalue weighted by Crippen LogP contribution is -2.43. The van der Waals surface area contributed by atoms with Gasteiger partial charge in [-0.3, -0.25) is 0 Å². The highest BCUT2D eigenvalue weighted by Crippen LogP contribution is 2.40. The molecule has 2 atom stereocenters. The van der Waals surface area contributed by atoms with Crippen molar-refractivity contribution in [1.29, 1.82) is 5.26 Å². The van der Waals surface area contributed by atoms with E-state index < -0.39 is 18.1 Å². The summed E-state index contributed by atoms with van der Waals surface area (Å²) in [6, 6.07) is 14.1. The molecular formula is C26H30F4N4O. The van der Waals surface area contributed by atoms with Gasteiger partial charge in [0, 0.05) is 56.2 Å². The first-order valence-electron chi connectivity index (χ1n) is 11.8. The molecule has 2 aromatic rings. The minimum Gasteiger partial charge on any atom is -0.497 e. The molecule has 0 N–H and O–H groups in total. The second kappa shape index (κ2) is 10.2. The highest BCUT2D eigenvalue weighted by atomic mass is 19.4. The third-order valence-electron chi connectivity index (χ3n) is 7.30. The highest BCUT2D eigenvalue weighted by Gasteiger charge is 2.47. The quantitative estimate of drug-likeness (QED) is 0.493. The van der Waals surface area contributed by atoms with Crippen molar-refractivity contribution < 1.29 is 22.3 Å². The molecule has 0 amide bonds. The number of alkyl halides is 3. The van der Waals surface area contributed by atoms with Crippen LogP contribution >= 0.6 is 0 Å². The fraction of sp³-hybridized carbons (Fsp3) is 0.500. The van der Waals surface area contributed by atoms with E-state index in [9.17, 15) is 17.6 Å². The lowest BCUT2D eigenvalue weighted by Gasteiger charge is -2.39. The maximum Gasteiger partial charge on any atom is 0.393 e. The molecule has 2 fully saturated rings. The van der Waals surface area contributed by atoms with E-state index in [1.54, 1.807) is 24.1 Å². The van der Waals surface area contributed by atoms with E-state index in [0.29, 0.717) is 30.2 Å². The van der Waals surface area contributed by atoms with Crippen LogP contribution in [0.25, 0.3) is 0 Å². The lowest BCUT2D eigenvalue weighted by molar-refractivity contribution is -0.168. The van der Waals surface area contributed by atoms with Crippen molar-refractivity contribution in [3.8, 4) is 11.8 Å². The molecule has 0 radical (unpaired) electrons. The van der Waals surface area contributed by atoms with Crippen molar-refractivity contribution in [2.45, 2.75) is 43.9 Å². The predicted molar refractivity (Wildman–Crippen MR) is 129 cm³/mol. The summed E-state index contributed by atoms with van der Waals surface area (Å²) >= 11 is 0. The van der Waals surface area contributed by atoms with Crippen LogP contribution in [0.4, 0.5) is 34.6 Å². The maximum absolute atomic E-state index is 14.4. The fourth-order valence-corrected chi connectivity index (χ4v) is 5.21. The third-order valence-corrected chi connectivity index (χ3v) is 7.30. The zero-order valence-electron chi connectivity index (χ0n) is 19.9. The molecule has 2 saturated heterocycles. The Morgan fingerprint density at radius 3 is 2.40 bits per heavy atom. The van der Waals surface area contributed by atoms with Crippen LogP contribution < -0.4 is 19.4 Å². The largest absolute Gasteiger partial charge is 0.497 e. The van der Waals surface area contributed by atoms with Gasteiger partial charge in [-0.05, 0) is 55.7 Å². The van der Waals surface area contributed by atoms with Gasteiger partial charge in [0.15, 0.2) is 0 Å². The molecule has 5 nitrogen and oxygen atoms in total. The van der Waals surface area contributed by atoms with E-state index in [-0.39, 0.29) is 31.2 Å². The van der Waals surface area contributed by atoms with Crippen molar-refractivity contribution in [3.05, 3.63) is 48.3 Å². The molecule has 0 saturated carbocycles. The van der Waals surface area contributed by atoms with Gasteiger partial charge >= 0.3 is 6.18 Å². The number of halogens is 4. The summed E-state index contributed by atoms with van der Waals surface area (Å²) in [5, 5.41) is 9.08. The van der Waals surface area contributed by atoms with E-state index in [0.717, 1.165) is 18.5 Å². The first kappa shape index (κ1) is 25.0. The zero-order valence-corrected chi connectivity index (χ0v) is 19.9. The maximum atomic E-state index is 14.4.